The first-order valence-electron chi connectivity index (χ1n) is 9.57. The molecule has 0 aliphatic carbocycles. The second kappa shape index (κ2) is 7.77. The van der Waals surface area contributed by atoms with Gasteiger partial charge in [-0.3, -0.25) is 9.36 Å². The van der Waals surface area contributed by atoms with Crippen LogP contribution in [0.25, 0.3) is 21.3 Å². The molecule has 2 heterocycles. The number of rotatable bonds is 4. The molecule has 2 aromatic heterocycles. The van der Waals surface area contributed by atoms with Crippen LogP contribution in [0.15, 0.2) is 47.3 Å². The van der Waals surface area contributed by atoms with E-state index in [4.69, 9.17) is 15.0 Å². The minimum Gasteiger partial charge on any atom is -0.496 e. The third-order valence-electron chi connectivity index (χ3n) is 5.26. The van der Waals surface area contributed by atoms with E-state index in [0.29, 0.717) is 23.3 Å². The molecule has 30 heavy (non-hydrogen) atoms. The highest BCUT2D eigenvalue weighted by molar-refractivity contribution is 7.19. The Kier molecular flexibility index (Phi) is 5.15. The van der Waals surface area contributed by atoms with Gasteiger partial charge in [0.15, 0.2) is 0 Å². The van der Waals surface area contributed by atoms with Crippen molar-refractivity contribution in [1.29, 1.82) is 5.26 Å². The van der Waals surface area contributed by atoms with Crippen LogP contribution < -0.4 is 10.3 Å². The molecule has 0 N–H and O–H groups in total. The minimum atomic E-state index is -0.0623. The standard InChI is InChI=1S/C24H21N3O2S/c1-14-10-19(8-9-20(14)29-4)21-15(2)30-23-22(21)24(28)27(16(3)26-23)13-18-7-5-6-17(11-18)12-25/h5-11H,13H2,1-4H3. The van der Waals surface area contributed by atoms with E-state index in [9.17, 15) is 4.79 Å². The van der Waals surface area contributed by atoms with E-state index < -0.39 is 0 Å². The molecule has 0 atom stereocenters. The zero-order valence-corrected chi connectivity index (χ0v) is 18.1. The quantitative estimate of drug-likeness (QED) is 0.471. The Labute approximate surface area is 178 Å². The molecule has 150 valence electrons. The summed E-state index contributed by atoms with van der Waals surface area (Å²) >= 11 is 1.54. The van der Waals surface area contributed by atoms with Gasteiger partial charge in [-0.15, -0.1) is 11.3 Å². The average Bonchev–Trinajstić information content (AvgIpc) is 3.06. The van der Waals surface area contributed by atoms with Crippen LogP contribution in [-0.4, -0.2) is 16.7 Å². The van der Waals surface area contributed by atoms with Crippen molar-refractivity contribution in [3.63, 3.8) is 0 Å². The van der Waals surface area contributed by atoms with E-state index in [0.717, 1.165) is 37.7 Å². The van der Waals surface area contributed by atoms with Crippen molar-refractivity contribution >= 4 is 21.6 Å². The highest BCUT2D eigenvalue weighted by Gasteiger charge is 2.19. The summed E-state index contributed by atoms with van der Waals surface area (Å²) in [6.45, 7) is 6.24. The molecule has 0 amide bonds. The highest BCUT2D eigenvalue weighted by atomic mass is 32.1. The Morgan fingerprint density at radius 2 is 1.97 bits per heavy atom. The number of aryl methyl sites for hydroxylation is 3. The van der Waals surface area contributed by atoms with Gasteiger partial charge in [0.05, 0.1) is 30.7 Å². The van der Waals surface area contributed by atoms with Crippen LogP contribution in [0, 0.1) is 32.1 Å². The molecule has 5 nitrogen and oxygen atoms in total. The molecule has 0 radical (unpaired) electrons. The van der Waals surface area contributed by atoms with Crippen LogP contribution in [0.4, 0.5) is 0 Å². The fourth-order valence-electron chi connectivity index (χ4n) is 3.79. The fourth-order valence-corrected chi connectivity index (χ4v) is 4.87. The number of fused-ring (bicyclic) bond motifs is 1. The molecule has 4 aromatic rings. The topological polar surface area (TPSA) is 67.9 Å². The predicted octanol–water partition coefficient (Wildman–Crippen LogP) is 4.98. The molecular formula is C24H21N3O2S. The molecule has 0 aliphatic rings. The van der Waals surface area contributed by atoms with Crippen LogP contribution in [0.2, 0.25) is 0 Å². The SMILES string of the molecule is COc1ccc(-c2c(C)sc3nc(C)n(Cc4cccc(C#N)c4)c(=O)c23)cc1C. The third kappa shape index (κ3) is 3.38. The zero-order valence-electron chi connectivity index (χ0n) is 17.3. The number of hydrogen-bond acceptors (Lipinski definition) is 5. The fraction of sp³-hybridized carbons (Fsp3) is 0.208. The molecule has 0 spiro atoms. The normalized spacial score (nSPS) is 10.9. The van der Waals surface area contributed by atoms with Crippen molar-refractivity contribution in [3.8, 4) is 22.9 Å². The van der Waals surface area contributed by atoms with E-state index >= 15 is 0 Å². The van der Waals surface area contributed by atoms with Crippen LogP contribution >= 0.6 is 11.3 Å². The van der Waals surface area contributed by atoms with E-state index in [-0.39, 0.29) is 5.56 Å². The van der Waals surface area contributed by atoms with Crippen molar-refractivity contribution in [3.05, 3.63) is 80.2 Å². The summed E-state index contributed by atoms with van der Waals surface area (Å²) in [5, 5.41) is 9.81. The van der Waals surface area contributed by atoms with Crippen molar-refractivity contribution < 1.29 is 4.74 Å². The van der Waals surface area contributed by atoms with Crippen molar-refractivity contribution in [1.82, 2.24) is 9.55 Å². The zero-order chi connectivity index (χ0) is 21.4. The summed E-state index contributed by atoms with van der Waals surface area (Å²) in [6, 6.07) is 15.4. The molecule has 6 heteroatoms. The van der Waals surface area contributed by atoms with Crippen LogP contribution in [0.1, 0.15) is 27.4 Å². The molecule has 2 aromatic carbocycles. The first-order chi connectivity index (χ1) is 14.4. The number of methoxy groups -OCH3 is 1. The van der Waals surface area contributed by atoms with E-state index in [1.165, 1.54) is 0 Å². The summed E-state index contributed by atoms with van der Waals surface area (Å²) in [5.41, 5.74) is 4.34. The molecular weight excluding hydrogens is 394 g/mol. The van der Waals surface area contributed by atoms with Gasteiger partial charge in [0.2, 0.25) is 0 Å². The summed E-state index contributed by atoms with van der Waals surface area (Å²) in [5.74, 6) is 1.48. The van der Waals surface area contributed by atoms with Gasteiger partial charge in [-0.1, -0.05) is 18.2 Å². The first-order valence-corrected chi connectivity index (χ1v) is 10.4. The lowest BCUT2D eigenvalue weighted by Crippen LogP contribution is -2.24. The molecule has 0 fully saturated rings. The molecule has 0 saturated carbocycles. The number of aromatic nitrogens is 2. The number of ether oxygens (including phenoxy) is 1. The number of nitriles is 1. The number of nitrogens with zero attached hydrogens (tertiary/aromatic N) is 3. The summed E-state index contributed by atoms with van der Waals surface area (Å²) < 4.78 is 7.07. The predicted molar refractivity (Wildman–Crippen MR) is 120 cm³/mol. The van der Waals surface area contributed by atoms with Crippen LogP contribution in [-0.2, 0) is 6.54 Å². The minimum absolute atomic E-state index is 0.0623. The van der Waals surface area contributed by atoms with Gasteiger partial charge in [-0.2, -0.15) is 5.26 Å². The molecule has 0 saturated heterocycles. The van der Waals surface area contributed by atoms with E-state index in [1.807, 2.05) is 57.2 Å². The lowest BCUT2D eigenvalue weighted by Gasteiger charge is -2.11. The first kappa shape index (κ1) is 19.9. The van der Waals surface area contributed by atoms with Gasteiger partial charge in [0, 0.05) is 10.4 Å². The second-order valence-corrected chi connectivity index (χ2v) is 8.46. The largest absolute Gasteiger partial charge is 0.496 e. The summed E-state index contributed by atoms with van der Waals surface area (Å²) in [6.07, 6.45) is 0. The Bertz CT molecular complexity index is 1380. The van der Waals surface area contributed by atoms with Crippen molar-refractivity contribution in [2.45, 2.75) is 27.3 Å². The summed E-state index contributed by atoms with van der Waals surface area (Å²) in [4.78, 5) is 20.1. The van der Waals surface area contributed by atoms with Crippen LogP contribution in [0.3, 0.4) is 0 Å². The van der Waals surface area contributed by atoms with Gasteiger partial charge in [-0.25, -0.2) is 4.98 Å². The van der Waals surface area contributed by atoms with Gasteiger partial charge in [-0.05, 0) is 61.7 Å². The Balaban J connectivity index is 1.91. The second-order valence-electron chi connectivity index (χ2n) is 7.26. The molecule has 0 aliphatic heterocycles. The Morgan fingerprint density at radius 3 is 2.67 bits per heavy atom. The van der Waals surface area contributed by atoms with Crippen LogP contribution in [0.5, 0.6) is 5.75 Å². The monoisotopic (exact) mass is 415 g/mol. The Hall–Kier alpha value is -3.43. The maximum atomic E-state index is 13.6. The molecule has 4 rings (SSSR count). The number of benzene rings is 2. The van der Waals surface area contributed by atoms with Crippen molar-refractivity contribution in [2.75, 3.05) is 7.11 Å². The maximum Gasteiger partial charge on any atom is 0.263 e. The van der Waals surface area contributed by atoms with E-state index in [1.54, 1.807) is 29.1 Å². The maximum absolute atomic E-state index is 13.6. The average molecular weight is 416 g/mol. The van der Waals surface area contributed by atoms with Gasteiger partial charge >= 0.3 is 0 Å². The van der Waals surface area contributed by atoms with Gasteiger partial charge < -0.3 is 4.74 Å². The van der Waals surface area contributed by atoms with Crippen molar-refractivity contribution in [2.24, 2.45) is 0 Å². The lowest BCUT2D eigenvalue weighted by molar-refractivity contribution is 0.412. The van der Waals surface area contributed by atoms with E-state index in [2.05, 4.69) is 6.07 Å². The van der Waals surface area contributed by atoms with Gasteiger partial charge in [0.1, 0.15) is 16.4 Å². The molecule has 0 unspecified atom stereocenters. The number of hydrogen-bond donors (Lipinski definition) is 0. The molecule has 0 bridgehead atoms. The third-order valence-corrected chi connectivity index (χ3v) is 6.26. The smallest absolute Gasteiger partial charge is 0.263 e. The number of thiophene rings is 1. The Morgan fingerprint density at radius 1 is 1.17 bits per heavy atom. The van der Waals surface area contributed by atoms with Gasteiger partial charge in [0.25, 0.3) is 5.56 Å². The summed E-state index contributed by atoms with van der Waals surface area (Å²) in [7, 11) is 1.65. The highest BCUT2D eigenvalue weighted by Crippen LogP contribution is 2.37. The lowest BCUT2D eigenvalue weighted by atomic mass is 10.0.